The average molecular weight is 585 g/mol. The van der Waals surface area contributed by atoms with Gasteiger partial charge < -0.3 is 9.84 Å². The molecule has 0 aliphatic carbocycles. The van der Waals surface area contributed by atoms with E-state index >= 15 is 0 Å². The highest BCUT2D eigenvalue weighted by Gasteiger charge is 2.32. The average Bonchev–Trinajstić information content (AvgIpc) is 2.85. The normalized spacial score (nSPS) is 17.2. The number of hydrogen-bond acceptors (Lipinski definition) is 5. The molecule has 1 fully saturated rings. The van der Waals surface area contributed by atoms with E-state index in [0.717, 1.165) is 35.8 Å². The van der Waals surface area contributed by atoms with Crippen molar-refractivity contribution in [1.29, 1.82) is 0 Å². The maximum atomic E-state index is 12.6. The molecule has 1 aliphatic heterocycles. The van der Waals surface area contributed by atoms with Crippen LogP contribution in [0.15, 0.2) is 62.7 Å². The monoisotopic (exact) mass is 583 g/mol. The molecule has 0 saturated carbocycles. The second-order valence-electron chi connectivity index (χ2n) is 11.2. The van der Waals surface area contributed by atoms with Gasteiger partial charge in [-0.3, -0.25) is 19.2 Å². The number of aryl methyl sites for hydroxylation is 1. The number of H-pyrrole nitrogens is 1. The second-order valence-corrected chi connectivity index (χ2v) is 12.1. The van der Waals surface area contributed by atoms with Gasteiger partial charge in [0.05, 0.1) is 6.04 Å². The third-order valence-corrected chi connectivity index (χ3v) is 7.40. The van der Waals surface area contributed by atoms with Gasteiger partial charge in [0, 0.05) is 28.8 Å². The number of carboxylic acids is 1. The predicted octanol–water partition coefficient (Wildman–Crippen LogP) is 5.91. The lowest BCUT2D eigenvalue weighted by Gasteiger charge is -2.41. The number of likely N-dealkylation sites (tertiary alicyclic amines) is 1. The van der Waals surface area contributed by atoms with Gasteiger partial charge in [-0.05, 0) is 80.1 Å². The van der Waals surface area contributed by atoms with Gasteiger partial charge >= 0.3 is 11.7 Å². The van der Waals surface area contributed by atoms with Crippen LogP contribution in [0, 0.1) is 12.3 Å². The number of rotatable bonds is 7. The Morgan fingerprint density at radius 3 is 2.55 bits per heavy atom. The number of aromatic nitrogens is 2. The second kappa shape index (κ2) is 11.3. The molecular formula is C29H34BrN3O5. The number of ether oxygens (including phenoxy) is 1. The maximum Gasteiger partial charge on any atom is 0.339 e. The van der Waals surface area contributed by atoms with Crippen LogP contribution >= 0.6 is 15.9 Å². The Morgan fingerprint density at radius 2 is 1.89 bits per heavy atom. The third kappa shape index (κ3) is 6.63. The Kier molecular flexibility index (Phi) is 8.28. The first-order chi connectivity index (χ1) is 17.9. The molecule has 2 atom stereocenters. The van der Waals surface area contributed by atoms with Gasteiger partial charge in [0.1, 0.15) is 17.1 Å². The number of nitrogens with zero attached hydrogens (tertiary/aromatic N) is 2. The molecule has 1 saturated heterocycles. The van der Waals surface area contributed by atoms with E-state index in [-0.39, 0.29) is 34.4 Å². The topological polar surface area (TPSA) is 105 Å². The summed E-state index contributed by atoms with van der Waals surface area (Å²) in [6.45, 7) is 9.73. The molecule has 4 rings (SSSR count). The van der Waals surface area contributed by atoms with Crippen LogP contribution in [0.4, 0.5) is 0 Å². The van der Waals surface area contributed by atoms with Gasteiger partial charge in [-0.25, -0.2) is 9.59 Å². The van der Waals surface area contributed by atoms with Crippen LogP contribution in [-0.2, 0) is 0 Å². The van der Waals surface area contributed by atoms with Gasteiger partial charge in [-0.1, -0.05) is 42.8 Å². The first-order valence-electron chi connectivity index (χ1n) is 12.8. The van der Waals surface area contributed by atoms with Crippen molar-refractivity contribution in [2.45, 2.75) is 59.0 Å². The van der Waals surface area contributed by atoms with Crippen molar-refractivity contribution in [2.24, 2.45) is 5.41 Å². The molecule has 0 unspecified atom stereocenters. The molecule has 3 aromatic rings. The zero-order chi connectivity index (χ0) is 27.6. The van der Waals surface area contributed by atoms with Gasteiger partial charge in [0.25, 0.3) is 5.56 Å². The summed E-state index contributed by atoms with van der Waals surface area (Å²) in [5, 5.41) is 9.83. The first-order valence-corrected chi connectivity index (χ1v) is 13.6. The van der Waals surface area contributed by atoms with E-state index in [1.54, 1.807) is 35.9 Å². The zero-order valence-electron chi connectivity index (χ0n) is 22.2. The molecule has 202 valence electrons. The van der Waals surface area contributed by atoms with Crippen LogP contribution in [0.5, 0.6) is 11.5 Å². The maximum absolute atomic E-state index is 12.6. The highest BCUT2D eigenvalue weighted by molar-refractivity contribution is 9.10. The minimum Gasteiger partial charge on any atom is -0.478 e. The van der Waals surface area contributed by atoms with Crippen molar-refractivity contribution in [2.75, 3.05) is 13.1 Å². The molecule has 0 amide bonds. The molecule has 2 aromatic carbocycles. The molecule has 0 spiro atoms. The number of halogens is 1. The fourth-order valence-electron chi connectivity index (χ4n) is 5.03. The third-order valence-electron chi connectivity index (χ3n) is 6.88. The number of benzene rings is 2. The van der Waals surface area contributed by atoms with E-state index in [0.29, 0.717) is 17.9 Å². The SMILES string of the molecule is Cc1cn([C@H]2CCCN([C@H](CC(C)(C)C)c3ccc(C(=O)O)c(Oc4ccc(Br)cc4)c3)C2)c(=O)[nH]c1=O. The minimum atomic E-state index is -1.05. The van der Waals surface area contributed by atoms with Gasteiger partial charge in [0.15, 0.2) is 0 Å². The molecule has 1 aromatic heterocycles. The lowest BCUT2D eigenvalue weighted by molar-refractivity contribution is 0.0693. The Labute approximate surface area is 230 Å². The Morgan fingerprint density at radius 1 is 1.18 bits per heavy atom. The van der Waals surface area contributed by atoms with E-state index in [4.69, 9.17) is 4.74 Å². The molecule has 2 heterocycles. The highest BCUT2D eigenvalue weighted by Crippen LogP contribution is 2.39. The molecular weight excluding hydrogens is 550 g/mol. The quantitative estimate of drug-likeness (QED) is 0.358. The van der Waals surface area contributed by atoms with E-state index in [1.807, 2.05) is 24.3 Å². The van der Waals surface area contributed by atoms with Gasteiger partial charge in [-0.15, -0.1) is 0 Å². The van der Waals surface area contributed by atoms with Crippen LogP contribution in [0.1, 0.15) is 73.6 Å². The Hall–Kier alpha value is -3.17. The summed E-state index contributed by atoms with van der Waals surface area (Å²) in [4.78, 5) is 41.3. The van der Waals surface area contributed by atoms with Crippen LogP contribution in [0.3, 0.4) is 0 Å². The number of nitrogens with one attached hydrogen (secondary N) is 1. The van der Waals surface area contributed by atoms with Gasteiger partial charge in [-0.2, -0.15) is 0 Å². The highest BCUT2D eigenvalue weighted by atomic mass is 79.9. The zero-order valence-corrected chi connectivity index (χ0v) is 23.7. The van der Waals surface area contributed by atoms with Gasteiger partial charge in [0.2, 0.25) is 0 Å². The summed E-state index contributed by atoms with van der Waals surface area (Å²) in [5.74, 6) is -0.217. The largest absolute Gasteiger partial charge is 0.478 e. The molecule has 9 heteroatoms. The number of carboxylic acid groups (broad SMARTS) is 1. The summed E-state index contributed by atoms with van der Waals surface area (Å²) in [6, 6.07) is 12.5. The van der Waals surface area contributed by atoms with Crippen LogP contribution in [0.2, 0.25) is 0 Å². The molecule has 0 radical (unpaired) electrons. The van der Waals surface area contributed by atoms with Crippen molar-refractivity contribution in [1.82, 2.24) is 14.5 Å². The number of aromatic carboxylic acids is 1. The lowest BCUT2D eigenvalue weighted by atomic mass is 9.83. The van der Waals surface area contributed by atoms with Crippen molar-refractivity contribution >= 4 is 21.9 Å². The first kappa shape index (κ1) is 27.9. The van der Waals surface area contributed by atoms with E-state index in [9.17, 15) is 19.5 Å². The summed E-state index contributed by atoms with van der Waals surface area (Å²) in [5.41, 5.74) is 0.797. The number of aromatic amines is 1. The molecule has 38 heavy (non-hydrogen) atoms. The summed E-state index contributed by atoms with van der Waals surface area (Å²) >= 11 is 3.41. The van der Waals surface area contributed by atoms with Crippen LogP contribution in [-0.4, -0.2) is 38.6 Å². The number of piperidine rings is 1. The lowest BCUT2D eigenvalue weighted by Crippen LogP contribution is -2.44. The van der Waals surface area contributed by atoms with Crippen molar-refractivity contribution in [3.63, 3.8) is 0 Å². The fourth-order valence-corrected chi connectivity index (χ4v) is 5.29. The van der Waals surface area contributed by atoms with Crippen molar-refractivity contribution in [3.05, 3.63) is 90.7 Å². The van der Waals surface area contributed by atoms with E-state index < -0.39 is 11.7 Å². The summed E-state index contributed by atoms with van der Waals surface area (Å²) in [7, 11) is 0. The van der Waals surface area contributed by atoms with Crippen LogP contribution < -0.4 is 16.0 Å². The smallest absolute Gasteiger partial charge is 0.339 e. The van der Waals surface area contributed by atoms with Crippen molar-refractivity contribution in [3.8, 4) is 11.5 Å². The number of carbonyl (C=O) groups is 1. The minimum absolute atomic E-state index is 0.0127. The van der Waals surface area contributed by atoms with E-state index in [2.05, 4.69) is 46.6 Å². The number of hydrogen-bond donors (Lipinski definition) is 2. The summed E-state index contributed by atoms with van der Waals surface area (Å²) < 4.78 is 8.61. The summed E-state index contributed by atoms with van der Waals surface area (Å²) in [6.07, 6.45) is 4.20. The predicted molar refractivity (Wildman–Crippen MR) is 150 cm³/mol. The van der Waals surface area contributed by atoms with E-state index in [1.165, 1.54) is 0 Å². The molecule has 2 N–H and O–H groups in total. The Balaban J connectivity index is 1.70. The Bertz CT molecular complexity index is 1420. The van der Waals surface area contributed by atoms with Crippen LogP contribution in [0.25, 0.3) is 0 Å². The standard InChI is InChI=1S/C29H34BrN3O5/c1-18-16-33(28(37)31-26(18)34)21-6-5-13-32(17-21)24(15-29(2,3)4)19-7-12-23(27(35)36)25(14-19)38-22-10-8-20(30)9-11-22/h7-12,14,16,21,24H,5-6,13,15,17H2,1-4H3,(H,35,36)(H,31,34,37)/t21-,24+/m0/s1. The molecule has 1 aliphatic rings. The molecule has 0 bridgehead atoms. The fraction of sp³-hybridized carbons (Fsp3) is 0.414. The van der Waals surface area contributed by atoms with Crippen molar-refractivity contribution < 1.29 is 14.6 Å². The molecule has 8 nitrogen and oxygen atoms in total.